The molecule has 1 aromatic rings. The number of aliphatic imine (C=N–C) groups is 1. The van der Waals surface area contributed by atoms with Crippen LogP contribution in [0.25, 0.3) is 0 Å². The Morgan fingerprint density at radius 2 is 2.09 bits per heavy atom. The molecule has 1 rings (SSSR count). The summed E-state index contributed by atoms with van der Waals surface area (Å²) in [4.78, 5) is 8.21. The minimum Gasteiger partial charge on any atom is -0.468 e. The molecule has 22 heavy (non-hydrogen) atoms. The number of alkyl halides is 3. The van der Waals surface area contributed by atoms with Gasteiger partial charge in [-0.1, -0.05) is 6.07 Å². The smallest absolute Gasteiger partial charge is 0.422 e. The lowest BCUT2D eigenvalue weighted by atomic mass is 10.3. The molecule has 0 aliphatic rings. The molecule has 0 aliphatic carbocycles. The van der Waals surface area contributed by atoms with Crippen molar-refractivity contribution in [3.05, 3.63) is 23.9 Å². The van der Waals surface area contributed by atoms with Gasteiger partial charge in [0.1, 0.15) is 0 Å². The predicted octanol–water partition coefficient (Wildman–Crippen LogP) is 2.49. The monoisotopic (exact) mass is 318 g/mol. The highest BCUT2D eigenvalue weighted by Crippen LogP contribution is 2.17. The molecule has 0 bridgehead atoms. The quantitative estimate of drug-likeness (QED) is 0.625. The van der Waals surface area contributed by atoms with Gasteiger partial charge in [0.15, 0.2) is 12.6 Å². The van der Waals surface area contributed by atoms with E-state index in [0.717, 1.165) is 12.1 Å². The van der Waals surface area contributed by atoms with Crippen LogP contribution in [-0.4, -0.2) is 36.3 Å². The summed E-state index contributed by atoms with van der Waals surface area (Å²) in [5.41, 5.74) is 0.778. The Balaban J connectivity index is 2.58. The highest BCUT2D eigenvalue weighted by atomic mass is 19.4. The maximum atomic E-state index is 12.0. The number of nitrogens with zero attached hydrogens (tertiary/aromatic N) is 2. The Morgan fingerprint density at radius 3 is 2.59 bits per heavy atom. The van der Waals surface area contributed by atoms with E-state index in [1.807, 2.05) is 20.8 Å². The van der Waals surface area contributed by atoms with Crippen LogP contribution < -0.4 is 15.4 Å². The first-order valence-electron chi connectivity index (χ1n) is 6.99. The number of pyridine rings is 1. The maximum absolute atomic E-state index is 12.0. The van der Waals surface area contributed by atoms with E-state index in [0.29, 0.717) is 12.5 Å². The summed E-state index contributed by atoms with van der Waals surface area (Å²) in [5, 5.41) is 6.27. The van der Waals surface area contributed by atoms with Crippen LogP contribution in [0, 0.1) is 0 Å². The Labute approximate surface area is 128 Å². The van der Waals surface area contributed by atoms with Crippen molar-refractivity contribution < 1.29 is 17.9 Å². The lowest BCUT2D eigenvalue weighted by molar-refractivity contribution is -0.154. The number of hydrogen-bond acceptors (Lipinski definition) is 3. The number of guanidine groups is 1. The molecule has 0 aliphatic heterocycles. The van der Waals surface area contributed by atoms with Crippen molar-refractivity contribution in [2.75, 3.05) is 13.2 Å². The number of aromatic nitrogens is 1. The number of nitrogens with one attached hydrogen (secondary N) is 2. The molecule has 8 heteroatoms. The number of ether oxygens (including phenoxy) is 1. The van der Waals surface area contributed by atoms with Gasteiger partial charge in [-0.05, 0) is 26.3 Å². The van der Waals surface area contributed by atoms with Gasteiger partial charge in [0.25, 0.3) is 0 Å². The van der Waals surface area contributed by atoms with Gasteiger partial charge in [-0.3, -0.25) is 0 Å². The van der Waals surface area contributed by atoms with Crippen LogP contribution in [0.1, 0.15) is 26.3 Å². The third-order valence-corrected chi connectivity index (χ3v) is 2.37. The van der Waals surface area contributed by atoms with Crippen molar-refractivity contribution in [2.45, 2.75) is 39.5 Å². The molecule has 0 unspecified atom stereocenters. The summed E-state index contributed by atoms with van der Waals surface area (Å²) in [5.74, 6) is 0.618. The van der Waals surface area contributed by atoms with Gasteiger partial charge in [-0.15, -0.1) is 0 Å². The molecule has 0 saturated heterocycles. The van der Waals surface area contributed by atoms with Gasteiger partial charge < -0.3 is 15.4 Å². The van der Waals surface area contributed by atoms with E-state index in [9.17, 15) is 13.2 Å². The first kappa shape index (κ1) is 18.1. The molecule has 0 fully saturated rings. The fourth-order valence-electron chi connectivity index (χ4n) is 1.51. The van der Waals surface area contributed by atoms with E-state index in [-0.39, 0.29) is 11.9 Å². The average Bonchev–Trinajstić information content (AvgIpc) is 2.42. The molecule has 5 nitrogen and oxygen atoms in total. The second-order valence-corrected chi connectivity index (χ2v) is 4.90. The average molecular weight is 318 g/mol. The van der Waals surface area contributed by atoms with Crippen molar-refractivity contribution in [3.63, 3.8) is 0 Å². The molecule has 0 amide bonds. The second kappa shape index (κ2) is 8.45. The molecule has 1 heterocycles. The van der Waals surface area contributed by atoms with Crippen LogP contribution in [0.15, 0.2) is 23.3 Å². The molecule has 2 N–H and O–H groups in total. The number of halogens is 3. The van der Waals surface area contributed by atoms with E-state index in [1.54, 1.807) is 6.07 Å². The van der Waals surface area contributed by atoms with Gasteiger partial charge in [-0.2, -0.15) is 13.2 Å². The second-order valence-electron chi connectivity index (χ2n) is 4.90. The molecule has 0 atom stereocenters. The Morgan fingerprint density at radius 1 is 1.36 bits per heavy atom. The van der Waals surface area contributed by atoms with Gasteiger partial charge >= 0.3 is 6.18 Å². The summed E-state index contributed by atoms with van der Waals surface area (Å²) in [6.07, 6.45) is -2.91. The van der Waals surface area contributed by atoms with Gasteiger partial charge in [0.05, 0.1) is 6.54 Å². The third kappa shape index (κ3) is 7.70. The normalized spacial score (nSPS) is 12.4. The lowest BCUT2D eigenvalue weighted by Crippen LogP contribution is -2.40. The summed E-state index contributed by atoms with van der Waals surface area (Å²) in [7, 11) is 0. The summed E-state index contributed by atoms with van der Waals surface area (Å²) in [6, 6.07) is 3.29. The summed E-state index contributed by atoms with van der Waals surface area (Å²) >= 11 is 0. The van der Waals surface area contributed by atoms with Crippen LogP contribution in [0.2, 0.25) is 0 Å². The van der Waals surface area contributed by atoms with Gasteiger partial charge in [0.2, 0.25) is 5.88 Å². The molecule has 0 spiro atoms. The maximum Gasteiger partial charge on any atom is 0.422 e. The van der Waals surface area contributed by atoms with Crippen LogP contribution in [0.5, 0.6) is 5.88 Å². The number of hydrogen-bond donors (Lipinski definition) is 2. The van der Waals surface area contributed by atoms with E-state index >= 15 is 0 Å². The fourth-order valence-corrected chi connectivity index (χ4v) is 1.51. The van der Waals surface area contributed by atoms with Crippen molar-refractivity contribution >= 4 is 5.96 Å². The van der Waals surface area contributed by atoms with Crippen LogP contribution in [0.4, 0.5) is 13.2 Å². The summed E-state index contributed by atoms with van der Waals surface area (Å²) < 4.78 is 40.6. The van der Waals surface area contributed by atoms with Gasteiger partial charge in [-0.25, -0.2) is 9.98 Å². The Bertz CT molecular complexity index is 472. The lowest BCUT2D eigenvalue weighted by Gasteiger charge is -2.14. The molecule has 1 aromatic heterocycles. The van der Waals surface area contributed by atoms with E-state index < -0.39 is 12.8 Å². The van der Waals surface area contributed by atoms with Crippen molar-refractivity contribution in [3.8, 4) is 5.88 Å². The largest absolute Gasteiger partial charge is 0.468 e. The zero-order valence-corrected chi connectivity index (χ0v) is 12.9. The highest BCUT2D eigenvalue weighted by Gasteiger charge is 2.28. The topological polar surface area (TPSA) is 58.5 Å². The molecule has 0 aromatic carbocycles. The first-order chi connectivity index (χ1) is 10.3. The third-order valence-electron chi connectivity index (χ3n) is 2.37. The molecule has 0 radical (unpaired) electrons. The minimum atomic E-state index is -4.37. The molecule has 0 saturated carbocycles. The molecular formula is C14H21F3N4O. The minimum absolute atomic E-state index is 0.0581. The SMILES string of the molecule is CCNC(=NCc1ccc(OCC(F)(F)F)nc1)NC(C)C. The fraction of sp³-hybridized carbons (Fsp3) is 0.571. The number of rotatable bonds is 6. The zero-order valence-electron chi connectivity index (χ0n) is 12.9. The van der Waals surface area contributed by atoms with Crippen molar-refractivity contribution in [2.24, 2.45) is 4.99 Å². The highest BCUT2D eigenvalue weighted by molar-refractivity contribution is 5.79. The van der Waals surface area contributed by atoms with E-state index in [2.05, 4.69) is 25.3 Å². The van der Waals surface area contributed by atoms with E-state index in [4.69, 9.17) is 0 Å². The van der Waals surface area contributed by atoms with Crippen LogP contribution in [-0.2, 0) is 6.54 Å². The Kier molecular flexibility index (Phi) is 6.94. The van der Waals surface area contributed by atoms with Gasteiger partial charge in [0, 0.05) is 24.8 Å². The molecular weight excluding hydrogens is 297 g/mol. The molecule has 124 valence electrons. The van der Waals surface area contributed by atoms with Crippen LogP contribution in [0.3, 0.4) is 0 Å². The van der Waals surface area contributed by atoms with Crippen LogP contribution >= 0.6 is 0 Å². The standard InChI is InChI=1S/C14H21F3N4O/c1-4-18-13(21-10(2)3)20-8-11-5-6-12(19-7-11)22-9-14(15,16)17/h5-7,10H,4,8-9H2,1-3H3,(H2,18,20,21). The Hall–Kier alpha value is -1.99. The summed E-state index contributed by atoms with van der Waals surface area (Å²) in [6.45, 7) is 5.73. The van der Waals surface area contributed by atoms with Crippen molar-refractivity contribution in [1.82, 2.24) is 15.6 Å². The van der Waals surface area contributed by atoms with Crippen molar-refractivity contribution in [1.29, 1.82) is 0 Å². The first-order valence-corrected chi connectivity index (χ1v) is 6.99. The zero-order chi connectivity index (χ0) is 16.6. The predicted molar refractivity (Wildman–Crippen MR) is 78.9 cm³/mol. The van der Waals surface area contributed by atoms with E-state index in [1.165, 1.54) is 12.3 Å².